The molecule has 1 heterocycles. The van der Waals surface area contributed by atoms with E-state index in [1.807, 2.05) is 0 Å². The van der Waals surface area contributed by atoms with Gasteiger partial charge in [-0.05, 0) is 45.7 Å². The Morgan fingerprint density at radius 1 is 1.40 bits per heavy atom. The fourth-order valence-electron chi connectivity index (χ4n) is 1.68. The van der Waals surface area contributed by atoms with Gasteiger partial charge >= 0.3 is 0 Å². The summed E-state index contributed by atoms with van der Waals surface area (Å²) in [5, 5.41) is 8.80. The summed E-state index contributed by atoms with van der Waals surface area (Å²) in [4.78, 5) is 8.33. The quantitative estimate of drug-likeness (QED) is 0.570. The molecule has 0 spiro atoms. The van der Waals surface area contributed by atoms with Crippen LogP contribution in [-0.4, -0.2) is 50.1 Å². The highest BCUT2D eigenvalue weighted by molar-refractivity contribution is 7.09. The van der Waals surface area contributed by atoms with Gasteiger partial charge in [0.15, 0.2) is 5.96 Å². The summed E-state index contributed by atoms with van der Waals surface area (Å²) in [5.41, 5.74) is 0. The predicted octanol–water partition coefficient (Wildman–Crippen LogP) is 2.19. The van der Waals surface area contributed by atoms with Crippen LogP contribution in [0.3, 0.4) is 0 Å². The molecule has 0 amide bonds. The third-order valence-corrected chi connectivity index (χ3v) is 4.13. The summed E-state index contributed by atoms with van der Waals surface area (Å²) in [6.07, 6.45) is 1.05. The number of aliphatic imine (C=N–C) groups is 1. The van der Waals surface area contributed by atoms with Crippen LogP contribution in [0.4, 0.5) is 0 Å². The maximum absolute atomic E-state index is 4.61. The summed E-state index contributed by atoms with van der Waals surface area (Å²) in [5.74, 6) is 0.918. The fraction of sp³-hybridized carbons (Fsp3) is 0.667. The van der Waals surface area contributed by atoms with Crippen molar-refractivity contribution in [1.82, 2.24) is 15.5 Å². The molecule has 1 aromatic heterocycles. The van der Waals surface area contributed by atoms with Crippen molar-refractivity contribution >= 4 is 17.3 Å². The lowest BCUT2D eigenvalue weighted by Crippen LogP contribution is -2.39. The first-order valence-electron chi connectivity index (χ1n) is 7.38. The van der Waals surface area contributed by atoms with Gasteiger partial charge in [0.05, 0.1) is 6.54 Å². The van der Waals surface area contributed by atoms with Crippen molar-refractivity contribution in [3.05, 3.63) is 22.4 Å². The summed E-state index contributed by atoms with van der Waals surface area (Å²) in [6, 6.07) is 4.84. The topological polar surface area (TPSA) is 39.7 Å². The Balaban J connectivity index is 2.31. The maximum atomic E-state index is 4.61. The third kappa shape index (κ3) is 6.91. The first-order valence-corrected chi connectivity index (χ1v) is 8.26. The van der Waals surface area contributed by atoms with Gasteiger partial charge in [0.25, 0.3) is 0 Å². The molecule has 1 aromatic rings. The van der Waals surface area contributed by atoms with Gasteiger partial charge in [0, 0.05) is 30.6 Å². The van der Waals surface area contributed by atoms with E-state index in [1.165, 1.54) is 4.88 Å². The highest BCUT2D eigenvalue weighted by atomic mass is 32.1. The molecular weight excluding hydrogens is 268 g/mol. The molecule has 5 heteroatoms. The van der Waals surface area contributed by atoms with Gasteiger partial charge in [-0.25, -0.2) is 0 Å². The lowest BCUT2D eigenvalue weighted by Gasteiger charge is -2.20. The molecular formula is C15H28N4S. The van der Waals surface area contributed by atoms with Crippen LogP contribution in [0.5, 0.6) is 0 Å². The average Bonchev–Trinajstić information content (AvgIpc) is 2.91. The van der Waals surface area contributed by atoms with Crippen LogP contribution in [0.1, 0.15) is 25.6 Å². The van der Waals surface area contributed by atoms with Crippen molar-refractivity contribution in [3.63, 3.8) is 0 Å². The smallest absolute Gasteiger partial charge is 0.191 e. The Bertz CT molecular complexity index is 373. The Hall–Kier alpha value is -1.07. The van der Waals surface area contributed by atoms with Crippen molar-refractivity contribution in [2.24, 2.45) is 4.99 Å². The first-order chi connectivity index (χ1) is 9.63. The van der Waals surface area contributed by atoms with Crippen molar-refractivity contribution in [1.29, 1.82) is 0 Å². The molecule has 0 unspecified atom stereocenters. The zero-order valence-corrected chi connectivity index (χ0v) is 14.0. The van der Waals surface area contributed by atoms with E-state index in [1.54, 1.807) is 11.3 Å². The van der Waals surface area contributed by atoms with E-state index in [0.29, 0.717) is 6.04 Å². The lowest BCUT2D eigenvalue weighted by atomic mass is 10.3. The summed E-state index contributed by atoms with van der Waals surface area (Å²) >= 11 is 1.81. The van der Waals surface area contributed by atoms with E-state index in [4.69, 9.17) is 0 Å². The van der Waals surface area contributed by atoms with E-state index in [2.05, 4.69) is 65.9 Å². The minimum absolute atomic E-state index is 0.569. The zero-order valence-electron chi connectivity index (χ0n) is 13.1. The number of nitrogens with zero attached hydrogens (tertiary/aromatic N) is 2. The van der Waals surface area contributed by atoms with E-state index < -0.39 is 0 Å². The molecule has 114 valence electrons. The standard InChI is InChI=1S/C15H28N4S/c1-5-16-15(18-10-11-19(4)13(2)3)17-9-8-14-7-6-12-20-14/h6-7,12-13H,5,8-11H2,1-4H3,(H2,16,17,18). The molecule has 2 N–H and O–H groups in total. The molecule has 0 aromatic carbocycles. The SMILES string of the molecule is CCNC(=NCCN(C)C(C)C)NCCc1cccs1. The number of nitrogens with one attached hydrogen (secondary N) is 2. The van der Waals surface area contributed by atoms with Crippen molar-refractivity contribution in [3.8, 4) is 0 Å². The minimum atomic E-state index is 0.569. The van der Waals surface area contributed by atoms with Crippen LogP contribution >= 0.6 is 11.3 Å². The van der Waals surface area contributed by atoms with Gasteiger partial charge in [-0.1, -0.05) is 6.07 Å². The van der Waals surface area contributed by atoms with Gasteiger partial charge < -0.3 is 15.5 Å². The number of rotatable bonds is 8. The van der Waals surface area contributed by atoms with E-state index in [0.717, 1.165) is 38.6 Å². The summed E-state index contributed by atoms with van der Waals surface area (Å²) in [6.45, 7) is 10.1. The van der Waals surface area contributed by atoms with Gasteiger partial charge in [0.2, 0.25) is 0 Å². The van der Waals surface area contributed by atoms with Crippen LogP contribution in [0.25, 0.3) is 0 Å². The molecule has 0 radical (unpaired) electrons. The monoisotopic (exact) mass is 296 g/mol. The van der Waals surface area contributed by atoms with Crippen LogP contribution < -0.4 is 10.6 Å². The highest BCUT2D eigenvalue weighted by Gasteiger charge is 2.02. The Kier molecular flexibility index (Phi) is 8.30. The van der Waals surface area contributed by atoms with E-state index in [-0.39, 0.29) is 0 Å². The molecule has 0 saturated heterocycles. The van der Waals surface area contributed by atoms with Crippen molar-refractivity contribution in [2.45, 2.75) is 33.2 Å². The van der Waals surface area contributed by atoms with Crippen molar-refractivity contribution < 1.29 is 0 Å². The molecule has 1 rings (SSSR count). The molecule has 0 fully saturated rings. The number of thiophene rings is 1. The van der Waals surface area contributed by atoms with Crippen LogP contribution in [0.2, 0.25) is 0 Å². The predicted molar refractivity (Wildman–Crippen MR) is 89.8 cm³/mol. The maximum Gasteiger partial charge on any atom is 0.191 e. The lowest BCUT2D eigenvalue weighted by molar-refractivity contribution is 0.282. The van der Waals surface area contributed by atoms with E-state index >= 15 is 0 Å². The molecule has 0 atom stereocenters. The molecule has 0 bridgehead atoms. The molecule has 4 nitrogen and oxygen atoms in total. The van der Waals surface area contributed by atoms with Gasteiger partial charge in [-0.2, -0.15) is 0 Å². The van der Waals surface area contributed by atoms with Gasteiger partial charge in [-0.15, -0.1) is 11.3 Å². The average molecular weight is 296 g/mol. The highest BCUT2D eigenvalue weighted by Crippen LogP contribution is 2.07. The normalized spacial score (nSPS) is 12.2. The van der Waals surface area contributed by atoms with Crippen LogP contribution in [-0.2, 0) is 6.42 Å². The molecule has 0 aliphatic rings. The second-order valence-corrected chi connectivity index (χ2v) is 6.12. The largest absolute Gasteiger partial charge is 0.357 e. The Morgan fingerprint density at radius 2 is 2.20 bits per heavy atom. The van der Waals surface area contributed by atoms with Crippen molar-refractivity contribution in [2.75, 3.05) is 33.2 Å². The van der Waals surface area contributed by atoms with E-state index in [9.17, 15) is 0 Å². The first kappa shape index (κ1) is 17.0. The minimum Gasteiger partial charge on any atom is -0.357 e. The molecule has 20 heavy (non-hydrogen) atoms. The summed E-state index contributed by atoms with van der Waals surface area (Å²) < 4.78 is 0. The Morgan fingerprint density at radius 3 is 2.80 bits per heavy atom. The second kappa shape index (κ2) is 9.77. The van der Waals surface area contributed by atoms with Gasteiger partial charge in [0.1, 0.15) is 0 Å². The van der Waals surface area contributed by atoms with Gasteiger partial charge in [-0.3, -0.25) is 4.99 Å². The number of hydrogen-bond donors (Lipinski definition) is 2. The third-order valence-electron chi connectivity index (χ3n) is 3.19. The zero-order chi connectivity index (χ0) is 14.8. The number of hydrogen-bond acceptors (Lipinski definition) is 3. The van der Waals surface area contributed by atoms with Crippen LogP contribution in [0.15, 0.2) is 22.5 Å². The number of guanidine groups is 1. The molecule has 0 aliphatic heterocycles. The molecule has 0 saturated carbocycles. The summed E-state index contributed by atoms with van der Waals surface area (Å²) in [7, 11) is 2.14. The molecule has 0 aliphatic carbocycles. The second-order valence-electron chi connectivity index (χ2n) is 5.09. The number of likely N-dealkylation sites (N-methyl/N-ethyl adjacent to an activating group) is 1. The Labute approximate surface area is 127 Å². The van der Waals surface area contributed by atoms with Crippen LogP contribution in [0, 0.1) is 0 Å². The fourth-order valence-corrected chi connectivity index (χ4v) is 2.39.